The van der Waals surface area contributed by atoms with E-state index in [0.717, 1.165) is 17.3 Å². The summed E-state index contributed by atoms with van der Waals surface area (Å²) in [5.74, 6) is 5.62. The Bertz CT molecular complexity index is 455. The Morgan fingerprint density at radius 2 is 2.06 bits per heavy atom. The largest absolute Gasteiger partial charge is 0.271 e. The zero-order valence-electron chi connectivity index (χ0n) is 9.40. The Morgan fingerprint density at radius 1 is 1.29 bits per heavy atom. The van der Waals surface area contributed by atoms with Gasteiger partial charge in [-0.1, -0.05) is 30.3 Å². The minimum absolute atomic E-state index is 0.228. The SMILES string of the molecule is NNC(CCc1ccccc1)c1cc(Br)cs1. The molecule has 0 spiro atoms. The fourth-order valence-electron chi connectivity index (χ4n) is 1.77. The van der Waals surface area contributed by atoms with Gasteiger partial charge in [-0.2, -0.15) is 0 Å². The van der Waals surface area contributed by atoms with Gasteiger partial charge in [0.2, 0.25) is 0 Å². The molecule has 2 nitrogen and oxygen atoms in total. The van der Waals surface area contributed by atoms with E-state index in [9.17, 15) is 0 Å². The second-order valence-corrected chi connectivity index (χ2v) is 5.77. The quantitative estimate of drug-likeness (QED) is 0.653. The van der Waals surface area contributed by atoms with Gasteiger partial charge >= 0.3 is 0 Å². The average molecular weight is 311 g/mol. The standard InChI is InChI=1S/C13H15BrN2S/c14-11-8-13(17-9-11)12(16-15)7-6-10-4-2-1-3-5-10/h1-5,8-9,12,16H,6-7,15H2. The molecule has 0 aliphatic carbocycles. The highest BCUT2D eigenvalue weighted by atomic mass is 79.9. The molecule has 0 aliphatic heterocycles. The Balaban J connectivity index is 1.97. The summed E-state index contributed by atoms with van der Waals surface area (Å²) in [6, 6.07) is 12.8. The van der Waals surface area contributed by atoms with Crippen molar-refractivity contribution in [1.29, 1.82) is 0 Å². The Labute approximate surface area is 114 Å². The summed E-state index contributed by atoms with van der Waals surface area (Å²) in [5.41, 5.74) is 4.24. The maximum atomic E-state index is 5.62. The van der Waals surface area contributed by atoms with Crippen LogP contribution in [-0.4, -0.2) is 0 Å². The molecule has 2 aromatic rings. The topological polar surface area (TPSA) is 38.0 Å². The van der Waals surface area contributed by atoms with Gasteiger partial charge in [-0.3, -0.25) is 11.3 Å². The number of nitrogens with two attached hydrogens (primary N) is 1. The maximum Gasteiger partial charge on any atom is 0.0556 e. The van der Waals surface area contributed by atoms with Crippen molar-refractivity contribution >= 4 is 27.3 Å². The summed E-state index contributed by atoms with van der Waals surface area (Å²) in [6.45, 7) is 0. The number of hydrogen-bond acceptors (Lipinski definition) is 3. The number of hydrazine groups is 1. The van der Waals surface area contributed by atoms with Crippen LogP contribution in [0.1, 0.15) is 22.9 Å². The van der Waals surface area contributed by atoms with Crippen LogP contribution in [0.25, 0.3) is 0 Å². The molecule has 3 N–H and O–H groups in total. The van der Waals surface area contributed by atoms with Crippen molar-refractivity contribution in [1.82, 2.24) is 5.43 Å². The minimum Gasteiger partial charge on any atom is -0.271 e. The number of thiophene rings is 1. The van der Waals surface area contributed by atoms with E-state index < -0.39 is 0 Å². The van der Waals surface area contributed by atoms with Gasteiger partial charge in [0.1, 0.15) is 0 Å². The van der Waals surface area contributed by atoms with Crippen LogP contribution in [0.5, 0.6) is 0 Å². The normalized spacial score (nSPS) is 12.6. The third kappa shape index (κ3) is 3.64. The fraction of sp³-hybridized carbons (Fsp3) is 0.231. The molecule has 0 radical (unpaired) electrons. The molecule has 0 aliphatic rings. The van der Waals surface area contributed by atoms with Crippen LogP contribution >= 0.6 is 27.3 Å². The molecule has 0 fully saturated rings. The van der Waals surface area contributed by atoms with E-state index >= 15 is 0 Å². The van der Waals surface area contributed by atoms with Gasteiger partial charge in [0, 0.05) is 14.7 Å². The lowest BCUT2D eigenvalue weighted by Crippen LogP contribution is -2.27. The molecule has 1 unspecified atom stereocenters. The first-order valence-corrected chi connectivity index (χ1v) is 7.21. The maximum absolute atomic E-state index is 5.62. The third-order valence-electron chi connectivity index (χ3n) is 2.70. The van der Waals surface area contributed by atoms with Gasteiger partial charge in [0.25, 0.3) is 0 Å². The first-order valence-electron chi connectivity index (χ1n) is 5.53. The predicted molar refractivity (Wildman–Crippen MR) is 76.8 cm³/mol. The average Bonchev–Trinajstić information content (AvgIpc) is 2.78. The van der Waals surface area contributed by atoms with Crippen molar-refractivity contribution in [3.63, 3.8) is 0 Å². The van der Waals surface area contributed by atoms with Crippen molar-refractivity contribution in [2.24, 2.45) is 5.84 Å². The van der Waals surface area contributed by atoms with Crippen molar-refractivity contribution in [3.05, 3.63) is 56.7 Å². The fourth-order valence-corrected chi connectivity index (χ4v) is 3.31. The van der Waals surface area contributed by atoms with Gasteiger partial charge in [0.15, 0.2) is 0 Å². The van der Waals surface area contributed by atoms with Gasteiger partial charge in [-0.15, -0.1) is 11.3 Å². The first-order chi connectivity index (χ1) is 8.29. The first kappa shape index (κ1) is 12.8. The second-order valence-electron chi connectivity index (χ2n) is 3.91. The summed E-state index contributed by atoms with van der Waals surface area (Å²) >= 11 is 5.20. The van der Waals surface area contributed by atoms with E-state index in [1.54, 1.807) is 11.3 Å². The molecule has 0 amide bonds. The van der Waals surface area contributed by atoms with Crippen LogP contribution in [0.2, 0.25) is 0 Å². The molecule has 0 saturated carbocycles. The molecule has 2 rings (SSSR count). The number of hydrogen-bond donors (Lipinski definition) is 2. The smallest absolute Gasteiger partial charge is 0.0556 e. The molecule has 1 aromatic heterocycles. The molecule has 1 atom stereocenters. The van der Waals surface area contributed by atoms with Crippen molar-refractivity contribution in [2.45, 2.75) is 18.9 Å². The molecule has 1 aromatic carbocycles. The van der Waals surface area contributed by atoms with E-state index in [-0.39, 0.29) is 6.04 Å². The molecule has 4 heteroatoms. The summed E-state index contributed by atoms with van der Waals surface area (Å²) in [5, 5.41) is 2.09. The number of rotatable bonds is 5. The zero-order valence-corrected chi connectivity index (χ0v) is 11.8. The van der Waals surface area contributed by atoms with Crippen molar-refractivity contribution in [3.8, 4) is 0 Å². The summed E-state index contributed by atoms with van der Waals surface area (Å²) < 4.78 is 1.12. The van der Waals surface area contributed by atoms with Crippen LogP contribution in [0.3, 0.4) is 0 Å². The van der Waals surface area contributed by atoms with Crippen LogP contribution in [-0.2, 0) is 6.42 Å². The van der Waals surface area contributed by atoms with E-state index in [4.69, 9.17) is 5.84 Å². The van der Waals surface area contributed by atoms with Gasteiger partial charge < -0.3 is 0 Å². The van der Waals surface area contributed by atoms with Crippen molar-refractivity contribution in [2.75, 3.05) is 0 Å². The van der Waals surface area contributed by atoms with Gasteiger partial charge in [-0.25, -0.2) is 0 Å². The molecule has 0 bridgehead atoms. The van der Waals surface area contributed by atoms with E-state index in [0.29, 0.717) is 0 Å². The van der Waals surface area contributed by atoms with Gasteiger partial charge in [0.05, 0.1) is 6.04 Å². The lowest BCUT2D eigenvalue weighted by atomic mass is 10.0. The summed E-state index contributed by atoms with van der Waals surface area (Å²) in [4.78, 5) is 1.27. The number of benzene rings is 1. The molecular formula is C13H15BrN2S. The summed E-state index contributed by atoms with van der Waals surface area (Å²) in [6.07, 6.45) is 2.04. The van der Waals surface area contributed by atoms with E-state index in [1.165, 1.54) is 10.4 Å². The Hall–Kier alpha value is -0.680. The number of aryl methyl sites for hydroxylation is 1. The molecule has 17 heavy (non-hydrogen) atoms. The van der Waals surface area contributed by atoms with Crippen LogP contribution in [0, 0.1) is 0 Å². The van der Waals surface area contributed by atoms with E-state index in [1.807, 2.05) is 6.07 Å². The molecule has 1 heterocycles. The monoisotopic (exact) mass is 310 g/mol. The highest BCUT2D eigenvalue weighted by Gasteiger charge is 2.11. The predicted octanol–water partition coefficient (Wildman–Crippen LogP) is 3.65. The third-order valence-corrected chi connectivity index (χ3v) is 4.50. The number of halogens is 1. The Morgan fingerprint density at radius 3 is 2.65 bits per heavy atom. The lowest BCUT2D eigenvalue weighted by molar-refractivity contribution is 0.524. The van der Waals surface area contributed by atoms with Crippen LogP contribution < -0.4 is 11.3 Å². The highest BCUT2D eigenvalue weighted by molar-refractivity contribution is 9.10. The second kappa shape index (κ2) is 6.31. The Kier molecular flexibility index (Phi) is 4.74. The van der Waals surface area contributed by atoms with Crippen molar-refractivity contribution < 1.29 is 0 Å². The van der Waals surface area contributed by atoms with Gasteiger partial charge in [-0.05, 0) is 40.4 Å². The van der Waals surface area contributed by atoms with E-state index in [2.05, 4.69) is 57.1 Å². The number of nitrogens with one attached hydrogen (secondary N) is 1. The van der Waals surface area contributed by atoms with Crippen LogP contribution in [0.15, 0.2) is 46.3 Å². The molecule has 90 valence electrons. The zero-order chi connectivity index (χ0) is 12.1. The minimum atomic E-state index is 0.228. The molecule has 0 saturated heterocycles. The summed E-state index contributed by atoms with van der Waals surface area (Å²) in [7, 11) is 0. The highest BCUT2D eigenvalue weighted by Crippen LogP contribution is 2.27. The molecular weight excluding hydrogens is 296 g/mol. The lowest BCUT2D eigenvalue weighted by Gasteiger charge is -2.13. The van der Waals surface area contributed by atoms with Crippen LogP contribution in [0.4, 0.5) is 0 Å².